The zero-order valence-corrected chi connectivity index (χ0v) is 11.7. The van der Waals surface area contributed by atoms with Crippen LogP contribution in [0.1, 0.15) is 15.9 Å². The molecule has 0 amide bonds. The zero-order chi connectivity index (χ0) is 14.5. The van der Waals surface area contributed by atoms with Crippen molar-refractivity contribution < 1.29 is 14.3 Å². The maximum absolute atomic E-state index is 11.5. The molecule has 0 aliphatic rings. The van der Waals surface area contributed by atoms with Crippen molar-refractivity contribution in [1.29, 1.82) is 0 Å². The predicted molar refractivity (Wildman–Crippen MR) is 78.0 cm³/mol. The lowest BCUT2D eigenvalue weighted by Gasteiger charge is -2.11. The van der Waals surface area contributed by atoms with Crippen molar-refractivity contribution in [1.82, 2.24) is 0 Å². The van der Waals surface area contributed by atoms with Crippen molar-refractivity contribution in [3.63, 3.8) is 0 Å². The third-order valence-corrected chi connectivity index (χ3v) is 2.99. The van der Waals surface area contributed by atoms with E-state index >= 15 is 0 Å². The topological polar surface area (TPSA) is 61.5 Å². The van der Waals surface area contributed by atoms with E-state index in [0.717, 1.165) is 5.56 Å². The number of benzene rings is 2. The number of hydrogen-bond donors (Lipinski definition) is 1. The molecule has 0 bridgehead atoms. The molecular weight excluding hydrogens is 278 g/mol. The molecule has 104 valence electrons. The van der Waals surface area contributed by atoms with E-state index in [1.165, 1.54) is 7.11 Å². The van der Waals surface area contributed by atoms with Gasteiger partial charge in [-0.25, -0.2) is 4.79 Å². The Hall–Kier alpha value is -2.20. The second-order valence-electron chi connectivity index (χ2n) is 4.13. The first kappa shape index (κ1) is 14.2. The Morgan fingerprint density at radius 2 is 2.00 bits per heavy atom. The monoisotopic (exact) mass is 291 g/mol. The quantitative estimate of drug-likeness (QED) is 0.693. The van der Waals surface area contributed by atoms with Crippen molar-refractivity contribution >= 4 is 23.3 Å². The highest BCUT2D eigenvalue weighted by Crippen LogP contribution is 2.26. The van der Waals surface area contributed by atoms with Gasteiger partial charge in [-0.15, -0.1) is 0 Å². The number of nitrogen functional groups attached to an aromatic ring is 1. The number of carbonyl (C=O) groups is 1. The second kappa shape index (κ2) is 6.30. The molecule has 0 heterocycles. The van der Waals surface area contributed by atoms with Gasteiger partial charge in [0.25, 0.3) is 0 Å². The molecule has 2 aromatic carbocycles. The number of rotatable bonds is 4. The highest BCUT2D eigenvalue weighted by molar-refractivity contribution is 6.30. The summed E-state index contributed by atoms with van der Waals surface area (Å²) in [5, 5.41) is 0.641. The minimum absolute atomic E-state index is 0.265. The lowest BCUT2D eigenvalue weighted by molar-refractivity contribution is 0.0601. The van der Waals surface area contributed by atoms with Gasteiger partial charge < -0.3 is 15.2 Å². The number of nitrogens with two attached hydrogens (primary N) is 1. The van der Waals surface area contributed by atoms with Gasteiger partial charge >= 0.3 is 5.97 Å². The van der Waals surface area contributed by atoms with Crippen LogP contribution < -0.4 is 10.5 Å². The molecule has 5 heteroatoms. The van der Waals surface area contributed by atoms with Crippen LogP contribution in [0.15, 0.2) is 42.5 Å². The highest BCUT2D eigenvalue weighted by Gasteiger charge is 2.13. The Labute approximate surface area is 122 Å². The van der Waals surface area contributed by atoms with Gasteiger partial charge in [0.05, 0.1) is 18.4 Å². The van der Waals surface area contributed by atoms with Crippen LogP contribution in [0.5, 0.6) is 5.75 Å². The lowest BCUT2D eigenvalue weighted by atomic mass is 10.1. The third-order valence-electron chi connectivity index (χ3n) is 2.75. The van der Waals surface area contributed by atoms with Crippen LogP contribution in [0.2, 0.25) is 5.02 Å². The molecule has 4 nitrogen and oxygen atoms in total. The minimum Gasteiger partial charge on any atom is -0.487 e. The number of para-hydroxylation sites is 1. The first-order chi connectivity index (χ1) is 9.61. The van der Waals surface area contributed by atoms with Crippen molar-refractivity contribution in [3.8, 4) is 5.75 Å². The van der Waals surface area contributed by atoms with Crippen molar-refractivity contribution in [2.45, 2.75) is 6.61 Å². The summed E-state index contributed by atoms with van der Waals surface area (Å²) in [6.07, 6.45) is 0. The van der Waals surface area contributed by atoms with Crippen LogP contribution >= 0.6 is 11.6 Å². The van der Waals surface area contributed by atoms with E-state index < -0.39 is 5.97 Å². The average Bonchev–Trinajstić information content (AvgIpc) is 2.45. The largest absolute Gasteiger partial charge is 0.487 e. The SMILES string of the molecule is COC(=O)c1cccc(OCc2cccc(Cl)c2)c1N. The van der Waals surface area contributed by atoms with Crippen molar-refractivity contribution in [2.75, 3.05) is 12.8 Å². The molecule has 0 radical (unpaired) electrons. The fraction of sp³-hybridized carbons (Fsp3) is 0.133. The maximum atomic E-state index is 11.5. The van der Waals surface area contributed by atoms with Crippen LogP contribution in [0.3, 0.4) is 0 Å². The number of hydrogen-bond acceptors (Lipinski definition) is 4. The number of anilines is 1. The van der Waals surface area contributed by atoms with Gasteiger partial charge in [0.1, 0.15) is 12.4 Å². The molecule has 0 saturated carbocycles. The number of ether oxygens (including phenoxy) is 2. The van der Waals surface area contributed by atoms with E-state index in [4.69, 9.17) is 22.1 Å². The molecule has 2 aromatic rings. The van der Waals surface area contributed by atoms with E-state index in [0.29, 0.717) is 17.4 Å². The lowest BCUT2D eigenvalue weighted by Crippen LogP contribution is -2.07. The van der Waals surface area contributed by atoms with Crippen LogP contribution in [-0.4, -0.2) is 13.1 Å². The molecule has 0 atom stereocenters. The molecule has 0 fully saturated rings. The summed E-state index contributed by atoms with van der Waals surface area (Å²) < 4.78 is 10.3. The second-order valence-corrected chi connectivity index (χ2v) is 4.56. The summed E-state index contributed by atoms with van der Waals surface area (Å²) in [6.45, 7) is 0.315. The number of methoxy groups -OCH3 is 1. The van der Waals surface area contributed by atoms with E-state index in [2.05, 4.69) is 4.74 Å². The molecule has 20 heavy (non-hydrogen) atoms. The Balaban J connectivity index is 2.16. The van der Waals surface area contributed by atoms with E-state index in [1.54, 1.807) is 24.3 Å². The van der Waals surface area contributed by atoms with Gasteiger partial charge in [-0.1, -0.05) is 29.8 Å². The number of carbonyl (C=O) groups excluding carboxylic acids is 1. The van der Waals surface area contributed by atoms with Crippen LogP contribution in [0.4, 0.5) is 5.69 Å². The predicted octanol–water partition coefficient (Wildman–Crippen LogP) is 3.29. The van der Waals surface area contributed by atoms with E-state index in [-0.39, 0.29) is 11.3 Å². The molecule has 2 N–H and O–H groups in total. The maximum Gasteiger partial charge on any atom is 0.340 e. The van der Waals surface area contributed by atoms with Gasteiger partial charge in [0.15, 0.2) is 0 Å². The summed E-state index contributed by atoms with van der Waals surface area (Å²) in [4.78, 5) is 11.5. The summed E-state index contributed by atoms with van der Waals surface area (Å²) in [6, 6.07) is 12.3. The molecular formula is C15H14ClNO3. The molecule has 0 unspecified atom stereocenters. The fourth-order valence-corrected chi connectivity index (χ4v) is 1.96. The Morgan fingerprint density at radius 3 is 2.70 bits per heavy atom. The Bertz CT molecular complexity index is 628. The number of halogens is 1. The summed E-state index contributed by atoms with van der Waals surface area (Å²) in [5.74, 6) is -0.0522. The normalized spacial score (nSPS) is 10.1. The zero-order valence-electron chi connectivity index (χ0n) is 10.9. The van der Waals surface area contributed by atoms with Gasteiger partial charge in [0.2, 0.25) is 0 Å². The van der Waals surface area contributed by atoms with E-state index in [1.807, 2.05) is 18.2 Å². The number of esters is 1. The first-order valence-corrected chi connectivity index (χ1v) is 6.33. The summed E-state index contributed by atoms with van der Waals surface area (Å²) >= 11 is 5.90. The smallest absolute Gasteiger partial charge is 0.340 e. The van der Waals surface area contributed by atoms with E-state index in [9.17, 15) is 4.79 Å². The molecule has 0 aliphatic heterocycles. The third kappa shape index (κ3) is 3.22. The van der Waals surface area contributed by atoms with Crippen molar-refractivity contribution in [3.05, 3.63) is 58.6 Å². The Morgan fingerprint density at radius 1 is 1.25 bits per heavy atom. The van der Waals surface area contributed by atoms with Gasteiger partial charge in [-0.3, -0.25) is 0 Å². The molecule has 0 aromatic heterocycles. The van der Waals surface area contributed by atoms with Gasteiger partial charge in [-0.05, 0) is 29.8 Å². The Kier molecular flexibility index (Phi) is 4.48. The van der Waals surface area contributed by atoms with Gasteiger partial charge in [0, 0.05) is 5.02 Å². The summed E-state index contributed by atoms with van der Waals surface area (Å²) in [7, 11) is 1.31. The molecule has 0 saturated heterocycles. The van der Waals surface area contributed by atoms with Crippen LogP contribution in [0.25, 0.3) is 0 Å². The molecule has 0 aliphatic carbocycles. The fourth-order valence-electron chi connectivity index (χ4n) is 1.75. The first-order valence-electron chi connectivity index (χ1n) is 5.96. The van der Waals surface area contributed by atoms with Crippen molar-refractivity contribution in [2.24, 2.45) is 0 Å². The standard InChI is InChI=1S/C15H14ClNO3/c1-19-15(18)12-6-3-7-13(14(12)17)20-9-10-4-2-5-11(16)8-10/h2-8H,9,17H2,1H3. The van der Waals surface area contributed by atoms with Crippen LogP contribution in [-0.2, 0) is 11.3 Å². The van der Waals surface area contributed by atoms with Crippen LogP contribution in [0, 0.1) is 0 Å². The summed E-state index contributed by atoms with van der Waals surface area (Å²) in [5.41, 5.74) is 7.37. The highest BCUT2D eigenvalue weighted by atomic mass is 35.5. The average molecular weight is 292 g/mol. The van der Waals surface area contributed by atoms with Gasteiger partial charge in [-0.2, -0.15) is 0 Å². The molecule has 2 rings (SSSR count). The molecule has 0 spiro atoms. The minimum atomic E-state index is -0.490.